The van der Waals surface area contributed by atoms with E-state index in [0.717, 1.165) is 17.3 Å². The highest BCUT2D eigenvalue weighted by Crippen LogP contribution is 2.23. The first-order valence-corrected chi connectivity index (χ1v) is 9.43. The first-order valence-electron chi connectivity index (χ1n) is 8.07. The molecule has 0 saturated carbocycles. The van der Waals surface area contributed by atoms with Crippen LogP contribution in [0, 0.1) is 5.92 Å². The van der Waals surface area contributed by atoms with Gasteiger partial charge in [-0.05, 0) is 30.5 Å². The van der Waals surface area contributed by atoms with Crippen LogP contribution in [0.5, 0.6) is 0 Å². The summed E-state index contributed by atoms with van der Waals surface area (Å²) in [4.78, 5) is 17.6. The monoisotopic (exact) mass is 368 g/mol. The third-order valence-electron chi connectivity index (χ3n) is 3.80. The molecule has 0 spiro atoms. The molecule has 0 unspecified atom stereocenters. The molecule has 0 aliphatic carbocycles. The normalized spacial score (nSPS) is 18.4. The van der Waals surface area contributed by atoms with Gasteiger partial charge in [-0.15, -0.1) is 0 Å². The van der Waals surface area contributed by atoms with Crippen LogP contribution in [0.1, 0.15) is 20.3 Å². The third kappa shape index (κ3) is 4.11. The summed E-state index contributed by atoms with van der Waals surface area (Å²) in [6.07, 6.45) is 0.999. The number of hydrogen-bond donors (Lipinski definition) is 0. The van der Waals surface area contributed by atoms with Gasteiger partial charge in [-0.3, -0.25) is 9.36 Å². The Bertz CT molecular complexity index is 772. The number of fused-ring (bicyclic) bond motifs is 1. The Morgan fingerprint density at radius 3 is 3.00 bits per heavy atom. The fraction of sp³-hybridized carbons (Fsp3) is 0.529. The molecule has 1 aromatic carbocycles. The van der Waals surface area contributed by atoms with Gasteiger partial charge >= 0.3 is 0 Å². The zero-order chi connectivity index (χ0) is 17.1. The van der Waals surface area contributed by atoms with E-state index in [9.17, 15) is 4.79 Å². The maximum Gasteiger partial charge on any atom is 0.262 e. The van der Waals surface area contributed by atoms with Crippen LogP contribution >= 0.6 is 23.4 Å². The molecule has 24 heavy (non-hydrogen) atoms. The second-order valence-corrected chi connectivity index (χ2v) is 7.70. The summed E-state index contributed by atoms with van der Waals surface area (Å²) in [5.41, 5.74) is 0.645. The van der Waals surface area contributed by atoms with Gasteiger partial charge in [0.2, 0.25) is 0 Å². The van der Waals surface area contributed by atoms with Crippen LogP contribution in [-0.2, 0) is 16.0 Å². The standard InChI is InChI=1S/C17H21ClN2O3S/c1-11(2)8-20-16(21)14-7-12(18)3-4-15(14)19-17(20)24-9-13-5-6-22-10-23-13/h3-4,7,11,13H,5-6,8-10H2,1-2H3/t13-/m1/s1. The molecule has 130 valence electrons. The Kier molecular flexibility index (Phi) is 5.81. The number of halogens is 1. The number of benzene rings is 1. The van der Waals surface area contributed by atoms with Gasteiger partial charge in [-0.2, -0.15) is 0 Å². The predicted molar refractivity (Wildman–Crippen MR) is 96.9 cm³/mol. The summed E-state index contributed by atoms with van der Waals surface area (Å²) in [6.45, 7) is 5.86. The van der Waals surface area contributed by atoms with E-state index in [2.05, 4.69) is 13.8 Å². The summed E-state index contributed by atoms with van der Waals surface area (Å²) in [5.74, 6) is 1.10. The van der Waals surface area contributed by atoms with Crippen molar-refractivity contribution in [1.82, 2.24) is 9.55 Å². The lowest BCUT2D eigenvalue weighted by Crippen LogP contribution is -2.28. The zero-order valence-electron chi connectivity index (χ0n) is 13.8. The van der Waals surface area contributed by atoms with E-state index < -0.39 is 0 Å². The predicted octanol–water partition coefficient (Wildman–Crippen LogP) is 3.56. The second-order valence-electron chi connectivity index (χ2n) is 6.28. The van der Waals surface area contributed by atoms with Crippen molar-refractivity contribution >= 4 is 34.3 Å². The Hall–Kier alpha value is -1.08. The van der Waals surface area contributed by atoms with E-state index in [0.29, 0.717) is 41.8 Å². The lowest BCUT2D eigenvalue weighted by Gasteiger charge is -2.23. The van der Waals surface area contributed by atoms with Gasteiger partial charge < -0.3 is 9.47 Å². The number of hydrogen-bond acceptors (Lipinski definition) is 5. The van der Waals surface area contributed by atoms with Crippen molar-refractivity contribution < 1.29 is 9.47 Å². The van der Waals surface area contributed by atoms with E-state index in [-0.39, 0.29) is 11.7 Å². The summed E-state index contributed by atoms with van der Waals surface area (Å²) >= 11 is 7.61. The van der Waals surface area contributed by atoms with Gasteiger partial charge in [-0.1, -0.05) is 37.2 Å². The molecule has 1 atom stereocenters. The van der Waals surface area contributed by atoms with Crippen molar-refractivity contribution in [3.05, 3.63) is 33.6 Å². The molecule has 2 aromatic rings. The summed E-state index contributed by atoms with van der Waals surface area (Å²) in [5, 5.41) is 1.85. The van der Waals surface area contributed by atoms with Crippen molar-refractivity contribution in [2.75, 3.05) is 19.2 Å². The molecule has 1 aliphatic heterocycles. The molecule has 3 rings (SSSR count). The van der Waals surface area contributed by atoms with Gasteiger partial charge in [0.1, 0.15) is 6.79 Å². The van der Waals surface area contributed by atoms with Gasteiger partial charge in [-0.25, -0.2) is 4.98 Å². The summed E-state index contributed by atoms with van der Waals surface area (Å²) in [6, 6.07) is 5.26. The average molecular weight is 369 g/mol. The molecule has 0 N–H and O–H groups in total. The van der Waals surface area contributed by atoms with Gasteiger partial charge in [0, 0.05) is 17.3 Å². The van der Waals surface area contributed by atoms with E-state index in [1.165, 1.54) is 0 Å². The third-order valence-corrected chi connectivity index (χ3v) is 5.14. The molecular weight excluding hydrogens is 348 g/mol. The number of aromatic nitrogens is 2. The Morgan fingerprint density at radius 1 is 1.46 bits per heavy atom. The van der Waals surface area contributed by atoms with Crippen LogP contribution in [0.4, 0.5) is 0 Å². The molecule has 7 heteroatoms. The van der Waals surface area contributed by atoms with E-state index in [4.69, 9.17) is 26.1 Å². The van der Waals surface area contributed by atoms with Crippen LogP contribution in [0.3, 0.4) is 0 Å². The van der Waals surface area contributed by atoms with E-state index in [1.54, 1.807) is 34.5 Å². The number of nitrogens with zero attached hydrogens (tertiary/aromatic N) is 2. The van der Waals surface area contributed by atoms with Crippen LogP contribution in [0.2, 0.25) is 5.02 Å². The SMILES string of the molecule is CC(C)Cn1c(SC[C@H]2CCOCO2)nc2ccc(Cl)cc2c1=O. The van der Waals surface area contributed by atoms with Crippen molar-refractivity contribution in [1.29, 1.82) is 0 Å². The minimum Gasteiger partial charge on any atom is -0.355 e. The van der Waals surface area contributed by atoms with Crippen molar-refractivity contribution in [2.45, 2.75) is 38.1 Å². The highest BCUT2D eigenvalue weighted by molar-refractivity contribution is 7.99. The smallest absolute Gasteiger partial charge is 0.262 e. The van der Waals surface area contributed by atoms with Crippen LogP contribution in [-0.4, -0.2) is 34.8 Å². The largest absolute Gasteiger partial charge is 0.355 e. The van der Waals surface area contributed by atoms with Crippen LogP contribution < -0.4 is 5.56 Å². The van der Waals surface area contributed by atoms with Gasteiger partial charge in [0.15, 0.2) is 5.16 Å². The average Bonchev–Trinajstić information content (AvgIpc) is 2.57. The van der Waals surface area contributed by atoms with Gasteiger partial charge in [0.25, 0.3) is 5.56 Å². The maximum atomic E-state index is 12.9. The van der Waals surface area contributed by atoms with Crippen molar-refractivity contribution in [3.63, 3.8) is 0 Å². The fourth-order valence-corrected chi connectivity index (χ4v) is 3.86. The molecule has 0 amide bonds. The Labute approximate surface area is 150 Å². The minimum atomic E-state index is -0.0356. The summed E-state index contributed by atoms with van der Waals surface area (Å²) < 4.78 is 12.5. The maximum absolute atomic E-state index is 12.9. The lowest BCUT2D eigenvalue weighted by molar-refractivity contribution is -0.130. The van der Waals surface area contributed by atoms with Crippen molar-refractivity contribution in [3.8, 4) is 0 Å². The molecule has 5 nitrogen and oxygen atoms in total. The highest BCUT2D eigenvalue weighted by atomic mass is 35.5. The molecule has 1 fully saturated rings. The zero-order valence-corrected chi connectivity index (χ0v) is 15.4. The van der Waals surface area contributed by atoms with Crippen LogP contribution in [0.25, 0.3) is 10.9 Å². The quantitative estimate of drug-likeness (QED) is 0.596. The molecule has 1 saturated heterocycles. The molecule has 0 bridgehead atoms. The minimum absolute atomic E-state index is 0.0356. The molecule has 1 aliphatic rings. The van der Waals surface area contributed by atoms with E-state index in [1.807, 2.05) is 0 Å². The highest BCUT2D eigenvalue weighted by Gasteiger charge is 2.18. The molecule has 2 heterocycles. The first kappa shape index (κ1) is 17.7. The Morgan fingerprint density at radius 2 is 2.29 bits per heavy atom. The van der Waals surface area contributed by atoms with Crippen LogP contribution in [0.15, 0.2) is 28.2 Å². The summed E-state index contributed by atoms with van der Waals surface area (Å²) in [7, 11) is 0. The van der Waals surface area contributed by atoms with Crippen molar-refractivity contribution in [2.24, 2.45) is 5.92 Å². The molecule has 1 aromatic heterocycles. The number of rotatable bonds is 5. The second kappa shape index (κ2) is 7.87. The number of thioether (sulfide) groups is 1. The number of ether oxygens (including phenoxy) is 2. The fourth-order valence-electron chi connectivity index (χ4n) is 2.61. The first-order chi connectivity index (χ1) is 11.5. The van der Waals surface area contributed by atoms with E-state index >= 15 is 0 Å². The van der Waals surface area contributed by atoms with Gasteiger partial charge in [0.05, 0.1) is 23.6 Å². The Balaban J connectivity index is 1.94. The molecular formula is C17H21ClN2O3S. The topological polar surface area (TPSA) is 53.4 Å². The molecule has 0 radical (unpaired) electrons. The lowest BCUT2D eigenvalue weighted by atomic mass is 10.2.